The fourth-order valence-electron chi connectivity index (χ4n) is 1.98. The first kappa shape index (κ1) is 13.0. The third-order valence-electron chi connectivity index (χ3n) is 3.00. The van der Waals surface area contributed by atoms with E-state index in [1.165, 1.54) is 34.6 Å². The highest BCUT2D eigenvalue weighted by atomic mass is 32.1. The van der Waals surface area contributed by atoms with Crippen molar-refractivity contribution in [2.24, 2.45) is 5.73 Å². The first-order valence-corrected chi connectivity index (χ1v) is 6.76. The van der Waals surface area contributed by atoms with Crippen LogP contribution in [0.25, 0.3) is 0 Å². The number of aliphatic hydroxyl groups is 1. The molecule has 0 saturated heterocycles. The lowest BCUT2D eigenvalue weighted by Gasteiger charge is -2.08. The van der Waals surface area contributed by atoms with Crippen LogP contribution in [0.3, 0.4) is 0 Å². The molecule has 0 aromatic carbocycles. The molecule has 1 aromatic heterocycles. The van der Waals surface area contributed by atoms with Crippen molar-refractivity contribution >= 4 is 23.2 Å². The van der Waals surface area contributed by atoms with Gasteiger partial charge in [-0.05, 0) is 37.3 Å². The van der Waals surface area contributed by atoms with Crippen molar-refractivity contribution in [3.05, 3.63) is 21.4 Å². The van der Waals surface area contributed by atoms with Gasteiger partial charge in [-0.15, -0.1) is 11.3 Å². The summed E-state index contributed by atoms with van der Waals surface area (Å²) >= 11 is 1.49. The lowest BCUT2D eigenvalue weighted by Crippen LogP contribution is -2.39. The van der Waals surface area contributed by atoms with Crippen LogP contribution in [0.2, 0.25) is 0 Å². The summed E-state index contributed by atoms with van der Waals surface area (Å²) in [5, 5.41) is 11.7. The summed E-state index contributed by atoms with van der Waals surface area (Å²) in [6.07, 6.45) is 3.09. The van der Waals surface area contributed by atoms with Gasteiger partial charge in [-0.1, -0.05) is 0 Å². The Balaban J connectivity index is 1.97. The van der Waals surface area contributed by atoms with Gasteiger partial charge in [-0.2, -0.15) is 0 Å². The fourth-order valence-corrected chi connectivity index (χ4v) is 3.15. The average Bonchev–Trinajstić information content (AvgIpc) is 2.79. The van der Waals surface area contributed by atoms with Gasteiger partial charge in [-0.25, -0.2) is 0 Å². The number of fused-ring (bicyclic) bond motifs is 1. The Labute approximate surface area is 109 Å². The number of carbonyl (C=O) groups excluding carboxylic acids is 2. The number of aryl methyl sites for hydroxylation is 2. The Kier molecular flexibility index (Phi) is 3.98. The molecule has 4 N–H and O–H groups in total. The van der Waals surface area contributed by atoms with E-state index in [1.807, 2.05) is 6.07 Å². The topological polar surface area (TPSA) is 92.4 Å². The molecule has 6 heteroatoms. The van der Waals surface area contributed by atoms with E-state index in [-0.39, 0.29) is 12.5 Å². The van der Waals surface area contributed by atoms with Gasteiger partial charge in [0.15, 0.2) is 0 Å². The molecule has 2 amide bonds. The van der Waals surface area contributed by atoms with Gasteiger partial charge >= 0.3 is 0 Å². The molecule has 0 bridgehead atoms. The zero-order valence-corrected chi connectivity index (χ0v) is 10.8. The second-order valence-corrected chi connectivity index (χ2v) is 5.53. The maximum atomic E-state index is 11.8. The van der Waals surface area contributed by atoms with Gasteiger partial charge in [0.2, 0.25) is 5.91 Å². The number of primary amides is 1. The SMILES string of the molecule is NC(=O)C(O)CNC(=O)c1cc2c(s1)CCCC2. The summed E-state index contributed by atoms with van der Waals surface area (Å²) in [5.41, 5.74) is 6.16. The van der Waals surface area contributed by atoms with E-state index in [9.17, 15) is 14.7 Å². The fraction of sp³-hybridized carbons (Fsp3) is 0.500. The summed E-state index contributed by atoms with van der Waals surface area (Å²) in [6, 6.07) is 1.91. The summed E-state index contributed by atoms with van der Waals surface area (Å²) < 4.78 is 0. The minimum atomic E-state index is -1.33. The van der Waals surface area contributed by atoms with E-state index in [2.05, 4.69) is 5.32 Å². The van der Waals surface area contributed by atoms with Crippen molar-refractivity contribution in [1.29, 1.82) is 0 Å². The van der Waals surface area contributed by atoms with Crippen LogP contribution in [0.4, 0.5) is 0 Å². The monoisotopic (exact) mass is 268 g/mol. The van der Waals surface area contributed by atoms with Gasteiger partial charge in [0.05, 0.1) is 11.4 Å². The lowest BCUT2D eigenvalue weighted by molar-refractivity contribution is -0.125. The number of thiophene rings is 1. The normalized spacial score (nSPS) is 15.8. The minimum absolute atomic E-state index is 0.142. The van der Waals surface area contributed by atoms with E-state index in [1.54, 1.807) is 0 Å². The molecular formula is C12H16N2O3S. The Morgan fingerprint density at radius 3 is 2.83 bits per heavy atom. The molecule has 98 valence electrons. The van der Waals surface area contributed by atoms with Gasteiger partial charge in [-0.3, -0.25) is 9.59 Å². The Morgan fingerprint density at radius 1 is 1.44 bits per heavy atom. The Bertz CT molecular complexity index is 446. The number of aliphatic hydroxyl groups excluding tert-OH is 1. The van der Waals surface area contributed by atoms with Crippen LogP contribution in [-0.2, 0) is 17.6 Å². The van der Waals surface area contributed by atoms with Crippen LogP contribution in [0.5, 0.6) is 0 Å². The molecule has 5 nitrogen and oxygen atoms in total. The highest BCUT2D eigenvalue weighted by molar-refractivity contribution is 7.14. The maximum absolute atomic E-state index is 11.8. The van der Waals surface area contributed by atoms with Crippen LogP contribution in [-0.4, -0.2) is 29.6 Å². The average molecular weight is 268 g/mol. The standard InChI is InChI=1S/C12H16N2O3S/c13-11(16)8(15)6-14-12(17)10-5-7-3-1-2-4-9(7)18-10/h5,8,15H,1-4,6H2,(H2,13,16)(H,14,17). The van der Waals surface area contributed by atoms with Gasteiger partial charge < -0.3 is 16.2 Å². The number of rotatable bonds is 4. The molecule has 1 heterocycles. The highest BCUT2D eigenvalue weighted by Crippen LogP contribution is 2.29. The van der Waals surface area contributed by atoms with Crippen LogP contribution >= 0.6 is 11.3 Å². The largest absolute Gasteiger partial charge is 0.381 e. The van der Waals surface area contributed by atoms with E-state index in [4.69, 9.17) is 5.73 Å². The number of hydrogen-bond acceptors (Lipinski definition) is 4. The van der Waals surface area contributed by atoms with Crippen LogP contribution in [0, 0.1) is 0 Å². The van der Waals surface area contributed by atoms with Gasteiger partial charge in [0.25, 0.3) is 5.91 Å². The third kappa shape index (κ3) is 2.88. The Morgan fingerprint density at radius 2 is 2.17 bits per heavy atom. The molecule has 1 unspecified atom stereocenters. The molecule has 0 fully saturated rings. The van der Waals surface area contributed by atoms with E-state index in [0.29, 0.717) is 4.88 Å². The smallest absolute Gasteiger partial charge is 0.261 e. The molecule has 0 aliphatic heterocycles. The van der Waals surface area contributed by atoms with Crippen molar-refractivity contribution in [3.8, 4) is 0 Å². The molecule has 1 aliphatic carbocycles. The van der Waals surface area contributed by atoms with Crippen LogP contribution in [0.1, 0.15) is 33.0 Å². The first-order chi connectivity index (χ1) is 8.58. The lowest BCUT2D eigenvalue weighted by atomic mass is 9.99. The van der Waals surface area contributed by atoms with Gasteiger partial charge in [0, 0.05) is 4.88 Å². The summed E-state index contributed by atoms with van der Waals surface area (Å²) in [5.74, 6) is -1.09. The maximum Gasteiger partial charge on any atom is 0.261 e. The highest BCUT2D eigenvalue weighted by Gasteiger charge is 2.18. The molecule has 0 spiro atoms. The van der Waals surface area contributed by atoms with Crippen molar-refractivity contribution in [2.75, 3.05) is 6.54 Å². The van der Waals surface area contributed by atoms with Crippen molar-refractivity contribution in [3.63, 3.8) is 0 Å². The molecule has 2 rings (SSSR count). The minimum Gasteiger partial charge on any atom is -0.381 e. The van der Waals surface area contributed by atoms with E-state index >= 15 is 0 Å². The molecule has 0 saturated carbocycles. The predicted molar refractivity (Wildman–Crippen MR) is 68.5 cm³/mol. The number of amides is 2. The number of hydrogen-bond donors (Lipinski definition) is 3. The molecule has 18 heavy (non-hydrogen) atoms. The number of carbonyl (C=O) groups is 2. The second kappa shape index (κ2) is 5.49. The second-order valence-electron chi connectivity index (χ2n) is 4.39. The zero-order valence-electron chi connectivity index (χ0n) is 9.94. The van der Waals surface area contributed by atoms with Crippen LogP contribution in [0.15, 0.2) is 6.07 Å². The third-order valence-corrected chi connectivity index (χ3v) is 4.24. The summed E-state index contributed by atoms with van der Waals surface area (Å²) in [4.78, 5) is 24.4. The molecule has 1 aromatic rings. The van der Waals surface area contributed by atoms with Crippen LogP contribution < -0.4 is 11.1 Å². The summed E-state index contributed by atoms with van der Waals surface area (Å²) in [7, 11) is 0. The predicted octanol–water partition coefficient (Wildman–Crippen LogP) is 0.203. The molecule has 0 radical (unpaired) electrons. The van der Waals surface area contributed by atoms with E-state index in [0.717, 1.165) is 12.8 Å². The first-order valence-electron chi connectivity index (χ1n) is 5.95. The number of nitrogens with one attached hydrogen (secondary N) is 1. The Hall–Kier alpha value is -1.40. The summed E-state index contributed by atoms with van der Waals surface area (Å²) in [6.45, 7) is -0.142. The van der Waals surface area contributed by atoms with Gasteiger partial charge in [0.1, 0.15) is 6.10 Å². The molecular weight excluding hydrogens is 252 g/mol. The zero-order chi connectivity index (χ0) is 13.1. The van der Waals surface area contributed by atoms with E-state index < -0.39 is 12.0 Å². The molecule has 1 aliphatic rings. The quantitative estimate of drug-likeness (QED) is 0.728. The molecule has 1 atom stereocenters. The van der Waals surface area contributed by atoms with Crippen molar-refractivity contribution in [1.82, 2.24) is 5.32 Å². The van der Waals surface area contributed by atoms with Crippen molar-refractivity contribution < 1.29 is 14.7 Å². The number of nitrogens with two attached hydrogens (primary N) is 1. The van der Waals surface area contributed by atoms with Crippen molar-refractivity contribution in [2.45, 2.75) is 31.8 Å².